The molecule has 0 aliphatic rings. The molecule has 1 aromatic heterocycles. The molecule has 0 saturated heterocycles. The molecule has 106 valence electrons. The van der Waals surface area contributed by atoms with E-state index < -0.39 is 0 Å². The Hall–Kier alpha value is -1.51. The fourth-order valence-electron chi connectivity index (χ4n) is 2.17. The van der Waals surface area contributed by atoms with Crippen molar-refractivity contribution in [2.24, 2.45) is 0 Å². The molecule has 0 saturated carbocycles. The van der Waals surface area contributed by atoms with Crippen molar-refractivity contribution in [2.45, 2.75) is 28.9 Å². The largest absolute Gasteiger partial charge is 0.128 e. The van der Waals surface area contributed by atoms with Gasteiger partial charge < -0.3 is 0 Å². The van der Waals surface area contributed by atoms with Gasteiger partial charge in [0.15, 0.2) is 0 Å². The maximum atomic E-state index is 2.24. The summed E-state index contributed by atoms with van der Waals surface area (Å²) in [6.07, 6.45) is 0. The van der Waals surface area contributed by atoms with Crippen molar-refractivity contribution < 1.29 is 0 Å². The highest BCUT2D eigenvalue weighted by molar-refractivity contribution is 8.01. The van der Waals surface area contributed by atoms with Crippen molar-refractivity contribution in [3.63, 3.8) is 0 Å². The van der Waals surface area contributed by atoms with Crippen LogP contribution in [-0.4, -0.2) is 0 Å². The number of thiophene rings is 1. The van der Waals surface area contributed by atoms with E-state index in [9.17, 15) is 0 Å². The van der Waals surface area contributed by atoms with E-state index in [4.69, 9.17) is 0 Å². The topological polar surface area (TPSA) is 0 Å². The molecule has 3 aromatic rings. The summed E-state index contributed by atoms with van der Waals surface area (Å²) in [4.78, 5) is 2.63. The Morgan fingerprint density at radius 3 is 2.19 bits per heavy atom. The van der Waals surface area contributed by atoms with Gasteiger partial charge in [0.25, 0.3) is 0 Å². The SMILES string of the molecule is CC(C)c1ccc(-c2ccc(Sc3ccccc3)s2)cc1. The minimum Gasteiger partial charge on any atom is -0.128 e. The lowest BCUT2D eigenvalue weighted by Gasteiger charge is -2.05. The van der Waals surface area contributed by atoms with Gasteiger partial charge in [-0.15, -0.1) is 11.3 Å². The van der Waals surface area contributed by atoms with E-state index in [1.807, 2.05) is 23.1 Å². The van der Waals surface area contributed by atoms with Gasteiger partial charge in [-0.25, -0.2) is 0 Å². The molecule has 21 heavy (non-hydrogen) atoms. The predicted molar refractivity (Wildman–Crippen MR) is 94.4 cm³/mol. The lowest BCUT2D eigenvalue weighted by Crippen LogP contribution is -1.85. The van der Waals surface area contributed by atoms with E-state index in [-0.39, 0.29) is 0 Å². The minimum absolute atomic E-state index is 0.589. The summed E-state index contributed by atoms with van der Waals surface area (Å²) in [5, 5.41) is 0. The third-order valence-electron chi connectivity index (χ3n) is 3.40. The Labute approximate surface area is 134 Å². The van der Waals surface area contributed by atoms with Gasteiger partial charge in [-0.2, -0.15) is 0 Å². The highest BCUT2D eigenvalue weighted by Crippen LogP contribution is 2.37. The molecule has 3 rings (SSSR count). The zero-order valence-corrected chi connectivity index (χ0v) is 13.9. The van der Waals surface area contributed by atoms with Crippen molar-refractivity contribution in [1.29, 1.82) is 0 Å². The van der Waals surface area contributed by atoms with Crippen molar-refractivity contribution in [3.8, 4) is 10.4 Å². The van der Waals surface area contributed by atoms with Gasteiger partial charge in [-0.1, -0.05) is 68.1 Å². The number of hydrogen-bond acceptors (Lipinski definition) is 2. The number of hydrogen-bond donors (Lipinski definition) is 0. The highest BCUT2D eigenvalue weighted by atomic mass is 32.2. The van der Waals surface area contributed by atoms with Crippen LogP contribution in [0.2, 0.25) is 0 Å². The zero-order valence-electron chi connectivity index (χ0n) is 12.2. The average Bonchev–Trinajstić information content (AvgIpc) is 2.97. The molecule has 0 fully saturated rings. The summed E-state index contributed by atoms with van der Waals surface area (Å²) in [5.41, 5.74) is 2.71. The lowest BCUT2D eigenvalue weighted by molar-refractivity contribution is 0.867. The van der Waals surface area contributed by atoms with Gasteiger partial charge in [0.1, 0.15) is 0 Å². The van der Waals surface area contributed by atoms with Crippen LogP contribution in [0.4, 0.5) is 0 Å². The van der Waals surface area contributed by atoms with Gasteiger partial charge in [-0.3, -0.25) is 0 Å². The van der Waals surface area contributed by atoms with Gasteiger partial charge in [0.2, 0.25) is 0 Å². The van der Waals surface area contributed by atoms with Crippen LogP contribution in [0.5, 0.6) is 0 Å². The molecular formula is C19H18S2. The van der Waals surface area contributed by atoms with Gasteiger partial charge in [-0.05, 0) is 41.3 Å². The van der Waals surface area contributed by atoms with E-state index in [1.165, 1.54) is 25.1 Å². The maximum absolute atomic E-state index is 2.24. The predicted octanol–water partition coefficient (Wildman–Crippen LogP) is 6.69. The van der Waals surface area contributed by atoms with Crippen LogP contribution in [0.25, 0.3) is 10.4 Å². The summed E-state index contributed by atoms with van der Waals surface area (Å²) in [5.74, 6) is 0.589. The first kappa shape index (κ1) is 14.4. The molecule has 2 aromatic carbocycles. The van der Waals surface area contributed by atoms with Crippen molar-refractivity contribution in [1.82, 2.24) is 0 Å². The fourth-order valence-corrected chi connectivity index (χ4v) is 4.30. The normalized spacial score (nSPS) is 11.0. The molecule has 0 atom stereocenters. The molecule has 0 radical (unpaired) electrons. The first-order valence-corrected chi connectivity index (χ1v) is 8.79. The molecule has 0 nitrogen and oxygen atoms in total. The van der Waals surface area contributed by atoms with Crippen molar-refractivity contribution >= 4 is 23.1 Å². The molecule has 1 heterocycles. The number of rotatable bonds is 4. The third kappa shape index (κ3) is 3.58. The summed E-state index contributed by atoms with van der Waals surface area (Å²) >= 11 is 3.69. The first-order chi connectivity index (χ1) is 10.2. The molecule has 0 aliphatic carbocycles. The zero-order chi connectivity index (χ0) is 14.7. The second-order valence-electron chi connectivity index (χ2n) is 5.31. The van der Waals surface area contributed by atoms with Crippen LogP contribution in [0.15, 0.2) is 75.8 Å². The van der Waals surface area contributed by atoms with E-state index >= 15 is 0 Å². The lowest BCUT2D eigenvalue weighted by atomic mass is 10.0. The second-order valence-corrected chi connectivity index (χ2v) is 7.77. The fraction of sp³-hybridized carbons (Fsp3) is 0.158. The monoisotopic (exact) mass is 310 g/mol. The highest BCUT2D eigenvalue weighted by Gasteiger charge is 2.05. The van der Waals surface area contributed by atoms with E-state index in [0.717, 1.165) is 0 Å². The molecule has 0 N–H and O–H groups in total. The quantitative estimate of drug-likeness (QED) is 0.517. The van der Waals surface area contributed by atoms with Crippen LogP contribution < -0.4 is 0 Å². The maximum Gasteiger partial charge on any atom is 0.0652 e. The Morgan fingerprint density at radius 1 is 0.810 bits per heavy atom. The molecule has 0 bridgehead atoms. The van der Waals surface area contributed by atoms with Crippen LogP contribution in [0.3, 0.4) is 0 Å². The van der Waals surface area contributed by atoms with Crippen LogP contribution >= 0.6 is 23.1 Å². The van der Waals surface area contributed by atoms with Crippen LogP contribution in [0, 0.1) is 0 Å². The van der Waals surface area contributed by atoms with E-state index in [2.05, 4.69) is 80.6 Å². The van der Waals surface area contributed by atoms with Crippen LogP contribution in [0.1, 0.15) is 25.3 Å². The standard InChI is InChI=1S/C19H18S2/c1-14(2)15-8-10-16(11-9-15)18-12-13-19(21-18)20-17-6-4-3-5-7-17/h3-14H,1-2H3. The summed E-state index contributed by atoms with van der Waals surface area (Å²) < 4.78 is 1.34. The molecule has 0 amide bonds. The molecule has 0 unspecified atom stereocenters. The summed E-state index contributed by atoms with van der Waals surface area (Å²) in [6.45, 7) is 4.46. The Morgan fingerprint density at radius 2 is 1.52 bits per heavy atom. The van der Waals surface area contributed by atoms with Crippen LogP contribution in [-0.2, 0) is 0 Å². The second kappa shape index (κ2) is 6.50. The average molecular weight is 310 g/mol. The summed E-state index contributed by atoms with van der Waals surface area (Å²) in [6, 6.07) is 23.9. The first-order valence-electron chi connectivity index (χ1n) is 7.15. The van der Waals surface area contributed by atoms with Crippen molar-refractivity contribution in [2.75, 3.05) is 0 Å². The Kier molecular flexibility index (Phi) is 4.47. The minimum atomic E-state index is 0.589. The molecular weight excluding hydrogens is 292 g/mol. The smallest absolute Gasteiger partial charge is 0.0652 e. The number of benzene rings is 2. The Bertz CT molecular complexity index is 694. The summed E-state index contributed by atoms with van der Waals surface area (Å²) in [7, 11) is 0. The van der Waals surface area contributed by atoms with E-state index in [1.54, 1.807) is 0 Å². The van der Waals surface area contributed by atoms with Crippen molar-refractivity contribution in [3.05, 3.63) is 72.3 Å². The van der Waals surface area contributed by atoms with Gasteiger partial charge in [0.05, 0.1) is 4.21 Å². The molecule has 2 heteroatoms. The van der Waals surface area contributed by atoms with Gasteiger partial charge in [0, 0.05) is 9.77 Å². The molecule has 0 aliphatic heterocycles. The van der Waals surface area contributed by atoms with E-state index in [0.29, 0.717) is 5.92 Å². The van der Waals surface area contributed by atoms with Gasteiger partial charge >= 0.3 is 0 Å². The third-order valence-corrected chi connectivity index (χ3v) is 5.68. The molecule has 0 spiro atoms. The Balaban J connectivity index is 1.78.